The van der Waals surface area contributed by atoms with Gasteiger partial charge in [-0.25, -0.2) is 0 Å². The van der Waals surface area contributed by atoms with Gasteiger partial charge in [0, 0.05) is 38.6 Å². The standard InChI is InChI=1S/C23H29N3O3/c27-22(18-28-20-4-2-1-3-5-20)25-16-21-6-9-23(29-21)10-14-26(15-11-23)17-19-7-12-24-13-8-19/h1-5,7-8,12-13,21H,6,9-11,14-18H2,(H,25,27)/t21-/m1/s1. The fourth-order valence-corrected chi connectivity index (χ4v) is 4.22. The van der Waals surface area contributed by atoms with E-state index in [0.29, 0.717) is 12.3 Å². The number of aromatic nitrogens is 1. The first-order chi connectivity index (χ1) is 14.2. The maximum Gasteiger partial charge on any atom is 0.258 e. The molecule has 0 bridgehead atoms. The van der Waals surface area contributed by atoms with Gasteiger partial charge in [-0.3, -0.25) is 14.7 Å². The summed E-state index contributed by atoms with van der Waals surface area (Å²) in [4.78, 5) is 18.6. The smallest absolute Gasteiger partial charge is 0.258 e. The Hall–Kier alpha value is -2.44. The van der Waals surface area contributed by atoms with Crippen molar-refractivity contribution in [1.82, 2.24) is 15.2 Å². The molecule has 1 amide bonds. The highest BCUT2D eigenvalue weighted by Crippen LogP contribution is 2.38. The molecule has 4 rings (SSSR count). The second kappa shape index (κ2) is 9.37. The molecule has 2 aromatic rings. The zero-order chi connectivity index (χ0) is 19.9. The van der Waals surface area contributed by atoms with Crippen LogP contribution in [0.2, 0.25) is 0 Å². The van der Waals surface area contributed by atoms with Crippen molar-refractivity contribution >= 4 is 5.91 Å². The highest BCUT2D eigenvalue weighted by molar-refractivity contribution is 5.77. The quantitative estimate of drug-likeness (QED) is 0.781. The van der Waals surface area contributed by atoms with Gasteiger partial charge >= 0.3 is 0 Å². The molecule has 0 saturated carbocycles. The number of piperidine rings is 1. The largest absolute Gasteiger partial charge is 0.484 e. The summed E-state index contributed by atoms with van der Waals surface area (Å²) < 4.78 is 11.9. The van der Waals surface area contributed by atoms with Crippen LogP contribution >= 0.6 is 0 Å². The van der Waals surface area contributed by atoms with Gasteiger partial charge in [-0.05, 0) is 55.5 Å². The summed E-state index contributed by atoms with van der Waals surface area (Å²) in [5, 5.41) is 2.95. The lowest BCUT2D eigenvalue weighted by Crippen LogP contribution is -2.45. The van der Waals surface area contributed by atoms with Gasteiger partial charge in [-0.1, -0.05) is 18.2 Å². The summed E-state index contributed by atoms with van der Waals surface area (Å²) in [6, 6.07) is 13.6. The molecule has 29 heavy (non-hydrogen) atoms. The Balaban J connectivity index is 1.16. The number of nitrogens with one attached hydrogen (secondary N) is 1. The topological polar surface area (TPSA) is 63.7 Å². The van der Waals surface area contributed by atoms with Crippen LogP contribution in [-0.4, -0.2) is 53.7 Å². The number of ether oxygens (including phenoxy) is 2. The number of rotatable bonds is 7. The molecular weight excluding hydrogens is 366 g/mol. The predicted molar refractivity (Wildman–Crippen MR) is 111 cm³/mol. The third kappa shape index (κ3) is 5.55. The average molecular weight is 396 g/mol. The molecule has 2 fully saturated rings. The number of nitrogens with zero attached hydrogens (tertiary/aromatic N) is 2. The van der Waals surface area contributed by atoms with Gasteiger partial charge in [-0.15, -0.1) is 0 Å². The molecule has 0 radical (unpaired) electrons. The van der Waals surface area contributed by atoms with Crippen molar-refractivity contribution in [2.45, 2.75) is 43.9 Å². The highest BCUT2D eigenvalue weighted by atomic mass is 16.5. The van der Waals surface area contributed by atoms with Crippen molar-refractivity contribution < 1.29 is 14.3 Å². The van der Waals surface area contributed by atoms with E-state index in [1.807, 2.05) is 42.7 Å². The Morgan fingerprint density at radius 2 is 1.90 bits per heavy atom. The predicted octanol–water partition coefficient (Wildman–Crippen LogP) is 2.79. The SMILES string of the molecule is O=C(COc1ccccc1)NC[C@H]1CCC2(CCN(Cc3ccncc3)CC2)O1. The van der Waals surface area contributed by atoms with E-state index in [4.69, 9.17) is 9.47 Å². The van der Waals surface area contributed by atoms with Crippen LogP contribution in [0.4, 0.5) is 0 Å². The highest BCUT2D eigenvalue weighted by Gasteiger charge is 2.42. The van der Waals surface area contributed by atoms with E-state index in [1.54, 1.807) is 0 Å². The molecule has 3 heterocycles. The second-order valence-corrected chi connectivity index (χ2v) is 8.00. The number of pyridine rings is 1. The fourth-order valence-electron chi connectivity index (χ4n) is 4.22. The van der Waals surface area contributed by atoms with Crippen molar-refractivity contribution in [3.05, 3.63) is 60.4 Å². The molecule has 1 atom stereocenters. The number of hydrogen-bond donors (Lipinski definition) is 1. The Morgan fingerprint density at radius 3 is 2.66 bits per heavy atom. The van der Waals surface area contributed by atoms with Crippen molar-refractivity contribution in [2.24, 2.45) is 0 Å². The molecular formula is C23H29N3O3. The number of amides is 1. The van der Waals surface area contributed by atoms with Gasteiger partial charge in [-0.2, -0.15) is 0 Å². The van der Waals surface area contributed by atoms with E-state index in [9.17, 15) is 4.79 Å². The molecule has 1 N–H and O–H groups in total. The number of carbonyl (C=O) groups excluding carboxylic acids is 1. The van der Waals surface area contributed by atoms with Crippen LogP contribution in [0.25, 0.3) is 0 Å². The zero-order valence-electron chi connectivity index (χ0n) is 16.8. The van der Waals surface area contributed by atoms with E-state index in [-0.39, 0.29) is 24.2 Å². The van der Waals surface area contributed by atoms with Crippen LogP contribution in [0.1, 0.15) is 31.2 Å². The first-order valence-electron chi connectivity index (χ1n) is 10.4. The average Bonchev–Trinajstić information content (AvgIpc) is 3.17. The molecule has 1 aromatic carbocycles. The molecule has 0 unspecified atom stereocenters. The van der Waals surface area contributed by atoms with Crippen LogP contribution in [0.3, 0.4) is 0 Å². The van der Waals surface area contributed by atoms with Gasteiger partial charge in [0.15, 0.2) is 6.61 Å². The molecule has 2 aliphatic rings. The summed E-state index contributed by atoms with van der Waals surface area (Å²) >= 11 is 0. The van der Waals surface area contributed by atoms with Crippen LogP contribution < -0.4 is 10.1 Å². The lowest BCUT2D eigenvalue weighted by Gasteiger charge is -2.39. The van der Waals surface area contributed by atoms with E-state index in [1.165, 1.54) is 5.56 Å². The number of likely N-dealkylation sites (tertiary alicyclic amines) is 1. The third-order valence-electron chi connectivity index (χ3n) is 5.90. The minimum absolute atomic E-state index is 0.00925. The van der Waals surface area contributed by atoms with Crippen LogP contribution in [0.5, 0.6) is 5.75 Å². The molecule has 154 valence electrons. The van der Waals surface area contributed by atoms with Crippen molar-refractivity contribution in [2.75, 3.05) is 26.2 Å². The normalized spacial score (nSPS) is 21.2. The second-order valence-electron chi connectivity index (χ2n) is 8.00. The van der Waals surface area contributed by atoms with Gasteiger partial charge in [0.05, 0.1) is 11.7 Å². The van der Waals surface area contributed by atoms with Crippen molar-refractivity contribution in [1.29, 1.82) is 0 Å². The Morgan fingerprint density at radius 1 is 1.14 bits per heavy atom. The molecule has 2 aliphatic heterocycles. The Kier molecular flexibility index (Phi) is 6.42. The summed E-state index contributed by atoms with van der Waals surface area (Å²) in [5.74, 6) is 0.600. The van der Waals surface area contributed by atoms with E-state index >= 15 is 0 Å². The third-order valence-corrected chi connectivity index (χ3v) is 5.90. The van der Waals surface area contributed by atoms with Crippen LogP contribution in [0, 0.1) is 0 Å². The minimum Gasteiger partial charge on any atom is -0.484 e. The first-order valence-corrected chi connectivity index (χ1v) is 10.4. The van der Waals surface area contributed by atoms with E-state index < -0.39 is 0 Å². The molecule has 2 saturated heterocycles. The Labute approximate surface area is 172 Å². The van der Waals surface area contributed by atoms with Crippen molar-refractivity contribution in [3.8, 4) is 5.75 Å². The summed E-state index contributed by atoms with van der Waals surface area (Å²) in [6.07, 6.45) is 8.00. The fraction of sp³-hybridized carbons (Fsp3) is 0.478. The molecule has 0 aliphatic carbocycles. The summed E-state index contributed by atoms with van der Waals surface area (Å²) in [5.41, 5.74) is 1.30. The van der Waals surface area contributed by atoms with Crippen molar-refractivity contribution in [3.63, 3.8) is 0 Å². The maximum absolute atomic E-state index is 12.1. The van der Waals surface area contributed by atoms with E-state index in [0.717, 1.165) is 45.3 Å². The molecule has 6 nitrogen and oxygen atoms in total. The monoisotopic (exact) mass is 395 g/mol. The number of hydrogen-bond acceptors (Lipinski definition) is 5. The minimum atomic E-state index is -0.106. The zero-order valence-corrected chi connectivity index (χ0v) is 16.8. The molecule has 1 spiro atoms. The lowest BCUT2D eigenvalue weighted by atomic mass is 9.88. The molecule has 6 heteroatoms. The molecule has 1 aromatic heterocycles. The maximum atomic E-state index is 12.1. The lowest BCUT2D eigenvalue weighted by molar-refractivity contribution is -0.124. The number of benzene rings is 1. The van der Waals surface area contributed by atoms with Gasteiger partial charge in [0.25, 0.3) is 5.91 Å². The van der Waals surface area contributed by atoms with Gasteiger partial charge in [0.1, 0.15) is 5.75 Å². The summed E-state index contributed by atoms with van der Waals surface area (Å²) in [6.45, 7) is 3.66. The van der Waals surface area contributed by atoms with Crippen LogP contribution in [-0.2, 0) is 16.1 Å². The number of para-hydroxylation sites is 1. The Bertz CT molecular complexity index is 776. The van der Waals surface area contributed by atoms with Crippen LogP contribution in [0.15, 0.2) is 54.9 Å². The summed E-state index contributed by atoms with van der Waals surface area (Å²) in [7, 11) is 0. The van der Waals surface area contributed by atoms with E-state index in [2.05, 4.69) is 27.3 Å². The van der Waals surface area contributed by atoms with Gasteiger partial charge < -0.3 is 14.8 Å². The first kappa shape index (κ1) is 19.9. The number of carbonyl (C=O) groups is 1. The van der Waals surface area contributed by atoms with Gasteiger partial charge in [0.2, 0.25) is 0 Å².